The van der Waals surface area contributed by atoms with Crippen LogP contribution in [0.4, 0.5) is 11.4 Å². The molecule has 1 heterocycles. The van der Waals surface area contributed by atoms with Gasteiger partial charge in [0, 0.05) is 17.8 Å². The van der Waals surface area contributed by atoms with E-state index in [-0.39, 0.29) is 17.1 Å². The first-order valence-electron chi connectivity index (χ1n) is 8.20. The second-order valence-corrected chi connectivity index (χ2v) is 5.91. The molecule has 1 aromatic heterocycles. The molecule has 2 aromatic carbocycles. The van der Waals surface area contributed by atoms with Gasteiger partial charge in [-0.25, -0.2) is 0 Å². The van der Waals surface area contributed by atoms with Crippen LogP contribution < -0.4 is 15.6 Å². The van der Waals surface area contributed by atoms with Gasteiger partial charge < -0.3 is 10.1 Å². The predicted octanol–water partition coefficient (Wildman–Crippen LogP) is 2.71. The second-order valence-electron chi connectivity index (χ2n) is 5.91. The Kier molecular flexibility index (Phi) is 5.16. The van der Waals surface area contributed by atoms with Crippen LogP contribution in [0.3, 0.4) is 0 Å². The Bertz CT molecular complexity index is 1090. The summed E-state index contributed by atoms with van der Waals surface area (Å²) in [5.41, 5.74) is 1.21. The van der Waals surface area contributed by atoms with Crippen molar-refractivity contribution in [2.45, 2.75) is 6.92 Å². The van der Waals surface area contributed by atoms with E-state index < -0.39 is 16.4 Å². The number of hydrogen-bond acceptors (Lipinski definition) is 6. The SMILES string of the molecule is COc1cc(=O)n(-c2ccc(C)cc2)nc1C(=O)Nc1ccc([N+](=O)[O-])cc1. The molecular formula is C19H16N4O5. The lowest BCUT2D eigenvalue weighted by Gasteiger charge is -2.11. The molecule has 0 radical (unpaired) electrons. The highest BCUT2D eigenvalue weighted by Crippen LogP contribution is 2.19. The Hall–Kier alpha value is -4.01. The van der Waals surface area contributed by atoms with Gasteiger partial charge in [-0.05, 0) is 31.2 Å². The fourth-order valence-corrected chi connectivity index (χ4v) is 2.48. The van der Waals surface area contributed by atoms with Crippen LogP contribution in [0.2, 0.25) is 0 Å². The maximum absolute atomic E-state index is 12.7. The minimum Gasteiger partial charge on any atom is -0.494 e. The molecule has 0 aliphatic rings. The highest BCUT2D eigenvalue weighted by atomic mass is 16.6. The van der Waals surface area contributed by atoms with Crippen LogP contribution in [0.25, 0.3) is 5.69 Å². The lowest BCUT2D eigenvalue weighted by atomic mass is 10.2. The molecule has 0 atom stereocenters. The third-order valence-corrected chi connectivity index (χ3v) is 3.95. The lowest BCUT2D eigenvalue weighted by molar-refractivity contribution is -0.384. The van der Waals surface area contributed by atoms with Crippen molar-refractivity contribution in [2.24, 2.45) is 0 Å². The summed E-state index contributed by atoms with van der Waals surface area (Å²) in [6.07, 6.45) is 0. The Balaban J connectivity index is 1.96. The largest absolute Gasteiger partial charge is 0.494 e. The van der Waals surface area contributed by atoms with E-state index in [4.69, 9.17) is 4.74 Å². The van der Waals surface area contributed by atoms with Gasteiger partial charge in [0.1, 0.15) is 0 Å². The molecule has 0 saturated carbocycles. The fourth-order valence-electron chi connectivity index (χ4n) is 2.48. The lowest BCUT2D eigenvalue weighted by Crippen LogP contribution is -2.26. The van der Waals surface area contributed by atoms with Crippen LogP contribution in [-0.2, 0) is 0 Å². The molecule has 3 aromatic rings. The van der Waals surface area contributed by atoms with E-state index in [1.165, 1.54) is 37.4 Å². The number of nitrogens with zero attached hydrogens (tertiary/aromatic N) is 3. The maximum Gasteiger partial charge on any atom is 0.280 e. The predicted molar refractivity (Wildman–Crippen MR) is 102 cm³/mol. The maximum atomic E-state index is 12.7. The first-order valence-corrected chi connectivity index (χ1v) is 8.20. The van der Waals surface area contributed by atoms with Crippen molar-refractivity contribution in [3.05, 3.63) is 86.3 Å². The molecule has 0 saturated heterocycles. The van der Waals surface area contributed by atoms with Crippen molar-refractivity contribution in [3.8, 4) is 11.4 Å². The molecule has 0 aliphatic carbocycles. The third-order valence-electron chi connectivity index (χ3n) is 3.95. The first kappa shape index (κ1) is 18.8. The average molecular weight is 380 g/mol. The number of aryl methyl sites for hydroxylation is 1. The van der Waals surface area contributed by atoms with Gasteiger partial charge >= 0.3 is 0 Å². The highest BCUT2D eigenvalue weighted by Gasteiger charge is 2.18. The van der Waals surface area contributed by atoms with Gasteiger partial charge in [-0.2, -0.15) is 9.78 Å². The van der Waals surface area contributed by atoms with Gasteiger partial charge in [-0.3, -0.25) is 19.7 Å². The molecule has 0 bridgehead atoms. The Morgan fingerprint density at radius 2 is 1.79 bits per heavy atom. The van der Waals surface area contributed by atoms with Crippen molar-refractivity contribution in [1.82, 2.24) is 9.78 Å². The molecule has 9 heteroatoms. The number of nitro groups is 1. The van der Waals surface area contributed by atoms with E-state index in [9.17, 15) is 19.7 Å². The topological polar surface area (TPSA) is 116 Å². The van der Waals surface area contributed by atoms with Gasteiger partial charge in [0.15, 0.2) is 11.4 Å². The molecule has 28 heavy (non-hydrogen) atoms. The molecule has 0 aliphatic heterocycles. The van der Waals surface area contributed by atoms with Crippen molar-refractivity contribution in [3.63, 3.8) is 0 Å². The number of aromatic nitrogens is 2. The number of rotatable bonds is 5. The van der Waals surface area contributed by atoms with E-state index in [0.29, 0.717) is 11.4 Å². The summed E-state index contributed by atoms with van der Waals surface area (Å²) < 4.78 is 6.22. The average Bonchev–Trinajstić information content (AvgIpc) is 2.68. The second kappa shape index (κ2) is 7.70. The molecule has 0 fully saturated rings. The van der Waals surface area contributed by atoms with E-state index in [1.807, 2.05) is 19.1 Å². The Morgan fingerprint density at radius 1 is 1.14 bits per heavy atom. The number of methoxy groups -OCH3 is 1. The molecule has 9 nitrogen and oxygen atoms in total. The van der Waals surface area contributed by atoms with Crippen LogP contribution in [0.15, 0.2) is 59.4 Å². The van der Waals surface area contributed by atoms with Gasteiger partial charge in [-0.1, -0.05) is 17.7 Å². The van der Waals surface area contributed by atoms with Crippen molar-refractivity contribution < 1.29 is 14.5 Å². The summed E-state index contributed by atoms with van der Waals surface area (Å²) in [6.45, 7) is 1.91. The number of benzene rings is 2. The summed E-state index contributed by atoms with van der Waals surface area (Å²) in [5, 5.41) is 17.5. The molecule has 0 unspecified atom stereocenters. The molecule has 142 valence electrons. The number of hydrogen-bond donors (Lipinski definition) is 1. The fraction of sp³-hybridized carbons (Fsp3) is 0.105. The molecule has 3 rings (SSSR count). The standard InChI is InChI=1S/C19H16N4O5/c1-12-3-7-14(8-4-12)22-17(24)11-16(28-2)18(21-22)19(25)20-13-5-9-15(10-6-13)23(26)27/h3-11H,1-2H3,(H,20,25). The van der Waals surface area contributed by atoms with Gasteiger partial charge in [0.2, 0.25) is 0 Å². The minimum atomic E-state index is -0.619. The van der Waals surface area contributed by atoms with E-state index in [1.54, 1.807) is 12.1 Å². The van der Waals surface area contributed by atoms with Crippen molar-refractivity contribution >= 4 is 17.3 Å². The number of non-ortho nitro benzene ring substituents is 1. The van der Waals surface area contributed by atoms with Crippen LogP contribution >= 0.6 is 0 Å². The molecule has 1 amide bonds. The highest BCUT2D eigenvalue weighted by molar-refractivity contribution is 6.04. The smallest absolute Gasteiger partial charge is 0.280 e. The van der Waals surface area contributed by atoms with Crippen molar-refractivity contribution in [2.75, 3.05) is 12.4 Å². The van der Waals surface area contributed by atoms with Gasteiger partial charge in [-0.15, -0.1) is 0 Å². The van der Waals surface area contributed by atoms with Crippen LogP contribution in [0.1, 0.15) is 16.1 Å². The van der Waals surface area contributed by atoms with Gasteiger partial charge in [0.25, 0.3) is 17.2 Å². The summed E-state index contributed by atoms with van der Waals surface area (Å²) in [6, 6.07) is 13.6. The van der Waals surface area contributed by atoms with E-state index in [2.05, 4.69) is 10.4 Å². The Labute approximate surface area is 159 Å². The summed E-state index contributed by atoms with van der Waals surface area (Å²) >= 11 is 0. The normalized spacial score (nSPS) is 10.4. The monoisotopic (exact) mass is 380 g/mol. The van der Waals surface area contributed by atoms with Gasteiger partial charge in [0.05, 0.1) is 23.8 Å². The zero-order valence-corrected chi connectivity index (χ0v) is 15.1. The Morgan fingerprint density at radius 3 is 2.36 bits per heavy atom. The van der Waals surface area contributed by atoms with Crippen LogP contribution in [0, 0.1) is 17.0 Å². The number of amides is 1. The number of anilines is 1. The van der Waals surface area contributed by atoms with E-state index >= 15 is 0 Å². The number of carbonyl (C=O) groups is 1. The summed E-state index contributed by atoms with van der Waals surface area (Å²) in [5.74, 6) is -0.598. The number of ether oxygens (including phenoxy) is 1. The van der Waals surface area contributed by atoms with Crippen LogP contribution in [-0.4, -0.2) is 27.7 Å². The molecular weight excluding hydrogens is 364 g/mol. The quantitative estimate of drug-likeness (QED) is 0.537. The third kappa shape index (κ3) is 3.88. The molecule has 0 spiro atoms. The summed E-state index contributed by atoms with van der Waals surface area (Å²) in [7, 11) is 1.33. The zero-order chi connectivity index (χ0) is 20.3. The van der Waals surface area contributed by atoms with E-state index in [0.717, 1.165) is 10.2 Å². The molecule has 1 N–H and O–H groups in total. The number of nitrogens with one attached hydrogen (secondary N) is 1. The number of nitro benzene ring substituents is 1. The summed E-state index contributed by atoms with van der Waals surface area (Å²) in [4.78, 5) is 35.2. The first-order chi connectivity index (χ1) is 13.4. The zero-order valence-electron chi connectivity index (χ0n) is 15.1. The number of carbonyl (C=O) groups excluding carboxylic acids is 1. The minimum absolute atomic E-state index is 0.0211. The van der Waals surface area contributed by atoms with Crippen LogP contribution in [0.5, 0.6) is 5.75 Å². The van der Waals surface area contributed by atoms with Crippen molar-refractivity contribution in [1.29, 1.82) is 0 Å².